The quantitative estimate of drug-likeness (QED) is 0.624. The van der Waals surface area contributed by atoms with Crippen LogP contribution in [-0.4, -0.2) is 25.7 Å². The Morgan fingerprint density at radius 3 is 2.43 bits per heavy atom. The summed E-state index contributed by atoms with van der Waals surface area (Å²) in [5.41, 5.74) is 5.68. The Balaban J connectivity index is 3.08. The van der Waals surface area contributed by atoms with Crippen LogP contribution in [0.3, 0.4) is 0 Å². The van der Waals surface area contributed by atoms with Crippen LogP contribution in [0.1, 0.15) is 13.8 Å². The normalized spacial score (nSPS) is 12.4. The molecule has 0 amide bonds. The van der Waals surface area contributed by atoms with E-state index in [9.17, 15) is 18.0 Å². The van der Waals surface area contributed by atoms with Crippen molar-refractivity contribution in [1.82, 2.24) is 0 Å². The van der Waals surface area contributed by atoms with Crippen LogP contribution in [0, 0.1) is 11.7 Å². The number of alkyl halides is 2. The molecular formula is C13H17F3N2O3. The fourth-order valence-corrected chi connectivity index (χ4v) is 1.67. The molecule has 0 fully saturated rings. The van der Waals surface area contributed by atoms with Crippen molar-refractivity contribution in [3.8, 4) is 5.75 Å². The summed E-state index contributed by atoms with van der Waals surface area (Å²) < 4.78 is 46.5. The second kappa shape index (κ2) is 7.05. The van der Waals surface area contributed by atoms with Crippen LogP contribution < -0.4 is 15.8 Å². The maximum Gasteiger partial charge on any atom is 0.387 e. The number of nitrogens with two attached hydrogens (primary N) is 1. The van der Waals surface area contributed by atoms with Gasteiger partial charge in [0.1, 0.15) is 6.04 Å². The molecular weight excluding hydrogens is 289 g/mol. The number of nitrogen functional groups attached to an aromatic ring is 1. The first-order valence-electron chi connectivity index (χ1n) is 6.14. The molecule has 0 heterocycles. The highest BCUT2D eigenvalue weighted by Crippen LogP contribution is 2.30. The average Bonchev–Trinajstić information content (AvgIpc) is 2.38. The minimum absolute atomic E-state index is 0.0383. The molecule has 0 aliphatic heterocycles. The Labute approximate surface area is 120 Å². The Bertz CT molecular complexity index is 510. The molecule has 118 valence electrons. The van der Waals surface area contributed by atoms with Gasteiger partial charge in [0, 0.05) is 12.1 Å². The van der Waals surface area contributed by atoms with Gasteiger partial charge < -0.3 is 20.5 Å². The highest BCUT2D eigenvalue weighted by atomic mass is 19.3. The summed E-state index contributed by atoms with van der Waals surface area (Å²) in [6, 6.07) is 1.06. The van der Waals surface area contributed by atoms with Gasteiger partial charge in [-0.2, -0.15) is 8.78 Å². The summed E-state index contributed by atoms with van der Waals surface area (Å²) in [5, 5.41) is 2.75. The number of hydrogen-bond donors (Lipinski definition) is 2. The van der Waals surface area contributed by atoms with Gasteiger partial charge in [-0.3, -0.25) is 0 Å². The van der Waals surface area contributed by atoms with Gasteiger partial charge in [-0.15, -0.1) is 0 Å². The summed E-state index contributed by atoms with van der Waals surface area (Å²) in [5.74, 6) is -2.39. The number of benzene rings is 1. The third kappa shape index (κ3) is 4.44. The van der Waals surface area contributed by atoms with Gasteiger partial charge in [-0.05, 0) is 5.92 Å². The molecule has 5 nitrogen and oxygen atoms in total. The van der Waals surface area contributed by atoms with Crippen LogP contribution in [0.5, 0.6) is 5.75 Å². The Kier molecular flexibility index (Phi) is 5.69. The van der Waals surface area contributed by atoms with E-state index in [4.69, 9.17) is 5.73 Å². The van der Waals surface area contributed by atoms with E-state index in [1.54, 1.807) is 13.8 Å². The zero-order chi connectivity index (χ0) is 16.2. The number of carbonyl (C=O) groups excluding carboxylic acids is 1. The number of anilines is 2. The van der Waals surface area contributed by atoms with Crippen LogP contribution in [0.25, 0.3) is 0 Å². The lowest BCUT2D eigenvalue weighted by atomic mass is 10.0. The van der Waals surface area contributed by atoms with Crippen molar-refractivity contribution in [1.29, 1.82) is 0 Å². The van der Waals surface area contributed by atoms with Gasteiger partial charge in [0.2, 0.25) is 0 Å². The van der Waals surface area contributed by atoms with E-state index in [0.29, 0.717) is 0 Å². The fraction of sp³-hybridized carbons (Fsp3) is 0.462. The van der Waals surface area contributed by atoms with Crippen molar-refractivity contribution in [3.05, 3.63) is 17.9 Å². The molecule has 0 bridgehead atoms. The van der Waals surface area contributed by atoms with Crippen molar-refractivity contribution >= 4 is 17.3 Å². The van der Waals surface area contributed by atoms with Crippen LogP contribution in [0.15, 0.2) is 12.1 Å². The maximum atomic E-state index is 13.5. The minimum Gasteiger partial charge on any atom is -0.467 e. The van der Waals surface area contributed by atoms with Crippen LogP contribution >= 0.6 is 0 Å². The van der Waals surface area contributed by atoms with E-state index in [-0.39, 0.29) is 17.3 Å². The number of esters is 1. The van der Waals surface area contributed by atoms with Crippen molar-refractivity contribution in [2.75, 3.05) is 18.2 Å². The van der Waals surface area contributed by atoms with E-state index in [2.05, 4.69) is 14.8 Å². The van der Waals surface area contributed by atoms with Gasteiger partial charge >= 0.3 is 12.6 Å². The summed E-state index contributed by atoms with van der Waals surface area (Å²) in [6.45, 7) is 0.341. The smallest absolute Gasteiger partial charge is 0.387 e. The van der Waals surface area contributed by atoms with Crippen LogP contribution in [0.2, 0.25) is 0 Å². The fourth-order valence-electron chi connectivity index (χ4n) is 1.67. The topological polar surface area (TPSA) is 73.6 Å². The SMILES string of the molecule is COC(=O)C(Nc1cc(OC(F)F)c(F)cc1N)C(C)C. The molecule has 21 heavy (non-hydrogen) atoms. The molecule has 3 N–H and O–H groups in total. The van der Waals surface area contributed by atoms with Gasteiger partial charge in [0.25, 0.3) is 0 Å². The second-order valence-corrected chi connectivity index (χ2v) is 4.64. The Morgan fingerprint density at radius 2 is 1.95 bits per heavy atom. The van der Waals surface area contributed by atoms with E-state index in [1.807, 2.05) is 0 Å². The van der Waals surface area contributed by atoms with Gasteiger partial charge in [-0.25, -0.2) is 9.18 Å². The largest absolute Gasteiger partial charge is 0.467 e. The first kappa shape index (κ1) is 16.9. The van der Waals surface area contributed by atoms with Gasteiger partial charge in [0.05, 0.1) is 18.5 Å². The molecule has 0 saturated heterocycles. The molecule has 1 unspecified atom stereocenters. The average molecular weight is 306 g/mol. The summed E-state index contributed by atoms with van der Waals surface area (Å²) in [4.78, 5) is 11.6. The number of carbonyl (C=O) groups is 1. The molecule has 0 radical (unpaired) electrons. The molecule has 0 saturated carbocycles. The molecule has 1 rings (SSSR count). The molecule has 1 atom stereocenters. The van der Waals surface area contributed by atoms with E-state index >= 15 is 0 Å². The van der Waals surface area contributed by atoms with Crippen LogP contribution in [-0.2, 0) is 9.53 Å². The first-order valence-corrected chi connectivity index (χ1v) is 6.14. The molecule has 1 aromatic carbocycles. The molecule has 0 aromatic heterocycles. The molecule has 0 aliphatic carbocycles. The zero-order valence-electron chi connectivity index (χ0n) is 11.8. The standard InChI is InChI=1S/C13H17F3N2O3/c1-6(2)11(12(19)20-3)18-9-5-10(21-13(15)16)7(14)4-8(9)17/h4-6,11,13,18H,17H2,1-3H3. The highest BCUT2D eigenvalue weighted by Gasteiger charge is 2.24. The number of halogens is 3. The lowest BCUT2D eigenvalue weighted by molar-refractivity contribution is -0.142. The summed E-state index contributed by atoms with van der Waals surface area (Å²) in [7, 11) is 1.22. The van der Waals surface area contributed by atoms with Gasteiger partial charge in [-0.1, -0.05) is 13.8 Å². The molecule has 8 heteroatoms. The number of ether oxygens (including phenoxy) is 2. The van der Waals surface area contributed by atoms with Crippen LogP contribution in [0.4, 0.5) is 24.5 Å². The number of rotatable bonds is 6. The first-order chi connectivity index (χ1) is 9.76. The minimum atomic E-state index is -3.17. The molecule has 0 spiro atoms. The van der Waals surface area contributed by atoms with E-state index < -0.39 is 30.2 Å². The monoisotopic (exact) mass is 306 g/mol. The molecule has 0 aliphatic rings. The van der Waals surface area contributed by atoms with Crippen molar-refractivity contribution in [3.63, 3.8) is 0 Å². The van der Waals surface area contributed by atoms with Crippen molar-refractivity contribution in [2.24, 2.45) is 5.92 Å². The van der Waals surface area contributed by atoms with Crippen molar-refractivity contribution in [2.45, 2.75) is 26.5 Å². The molecule has 1 aromatic rings. The Hall–Kier alpha value is -2.12. The number of methoxy groups -OCH3 is 1. The lowest BCUT2D eigenvalue weighted by Gasteiger charge is -2.22. The second-order valence-electron chi connectivity index (χ2n) is 4.64. The maximum absolute atomic E-state index is 13.5. The summed E-state index contributed by atoms with van der Waals surface area (Å²) >= 11 is 0. The lowest BCUT2D eigenvalue weighted by Crippen LogP contribution is -2.35. The third-order valence-corrected chi connectivity index (χ3v) is 2.75. The van der Waals surface area contributed by atoms with Crippen molar-refractivity contribution < 1.29 is 27.4 Å². The number of nitrogens with one attached hydrogen (secondary N) is 1. The Morgan fingerprint density at radius 1 is 1.33 bits per heavy atom. The number of hydrogen-bond acceptors (Lipinski definition) is 5. The highest BCUT2D eigenvalue weighted by molar-refractivity contribution is 5.82. The third-order valence-electron chi connectivity index (χ3n) is 2.75. The predicted molar refractivity (Wildman–Crippen MR) is 71.7 cm³/mol. The van der Waals surface area contributed by atoms with Gasteiger partial charge in [0.15, 0.2) is 11.6 Å². The summed E-state index contributed by atoms with van der Waals surface area (Å²) in [6.07, 6.45) is 0. The zero-order valence-corrected chi connectivity index (χ0v) is 11.8. The predicted octanol–water partition coefficient (Wildman–Crippen LogP) is 2.62. The van der Waals surface area contributed by atoms with E-state index in [0.717, 1.165) is 12.1 Å². The van der Waals surface area contributed by atoms with E-state index in [1.165, 1.54) is 7.11 Å².